The van der Waals surface area contributed by atoms with Gasteiger partial charge in [-0.15, -0.1) is 0 Å². The number of rotatable bonds is 6. The Morgan fingerprint density at radius 3 is 2.74 bits per heavy atom. The minimum absolute atomic E-state index is 0.0702. The third kappa shape index (κ3) is 4.18. The van der Waals surface area contributed by atoms with Crippen molar-refractivity contribution in [2.24, 2.45) is 0 Å². The van der Waals surface area contributed by atoms with Crippen LogP contribution >= 0.6 is 15.9 Å². The summed E-state index contributed by atoms with van der Waals surface area (Å²) in [6.45, 7) is 1.41. The quantitative estimate of drug-likeness (QED) is 0.869. The van der Waals surface area contributed by atoms with E-state index in [0.717, 1.165) is 23.1 Å². The van der Waals surface area contributed by atoms with E-state index in [0.29, 0.717) is 19.3 Å². The van der Waals surface area contributed by atoms with Crippen LogP contribution in [-0.4, -0.2) is 39.7 Å². The lowest BCUT2D eigenvalue weighted by Crippen LogP contribution is -2.32. The first-order valence-corrected chi connectivity index (χ1v) is 7.25. The van der Waals surface area contributed by atoms with E-state index in [4.69, 9.17) is 14.2 Å². The van der Waals surface area contributed by atoms with Gasteiger partial charge >= 0.3 is 0 Å². The van der Waals surface area contributed by atoms with Crippen molar-refractivity contribution in [3.63, 3.8) is 0 Å². The molecule has 0 aliphatic carbocycles. The van der Waals surface area contributed by atoms with Crippen molar-refractivity contribution in [3.05, 3.63) is 28.2 Å². The van der Waals surface area contributed by atoms with E-state index >= 15 is 0 Å². The summed E-state index contributed by atoms with van der Waals surface area (Å²) in [4.78, 5) is 0. The second-order valence-corrected chi connectivity index (χ2v) is 5.42. The lowest BCUT2D eigenvalue weighted by molar-refractivity contribution is -0.0522. The molecule has 1 aliphatic heterocycles. The Bertz CT molecular complexity index is 408. The Morgan fingerprint density at radius 1 is 1.42 bits per heavy atom. The number of hydrogen-bond donors (Lipinski definition) is 1. The van der Waals surface area contributed by atoms with E-state index in [1.54, 1.807) is 7.11 Å². The van der Waals surface area contributed by atoms with Gasteiger partial charge in [0.2, 0.25) is 0 Å². The van der Waals surface area contributed by atoms with E-state index < -0.39 is 0 Å². The van der Waals surface area contributed by atoms with Crippen LogP contribution in [0.4, 0.5) is 0 Å². The molecular weight excluding hydrogens is 310 g/mol. The number of benzene rings is 1. The van der Waals surface area contributed by atoms with Crippen LogP contribution in [0.1, 0.15) is 12.0 Å². The van der Waals surface area contributed by atoms with Gasteiger partial charge in [-0.2, -0.15) is 0 Å². The molecular formula is C14H20BrNO3. The molecule has 0 amide bonds. The molecule has 4 nitrogen and oxygen atoms in total. The molecule has 0 bridgehead atoms. The van der Waals surface area contributed by atoms with Crippen LogP contribution in [0.3, 0.4) is 0 Å². The summed E-state index contributed by atoms with van der Waals surface area (Å²) in [6, 6.07) is 6.50. The normalized spacial score (nSPS) is 17.6. The van der Waals surface area contributed by atoms with Crippen LogP contribution in [0.2, 0.25) is 0 Å². The van der Waals surface area contributed by atoms with Crippen molar-refractivity contribution in [2.45, 2.75) is 25.2 Å². The molecule has 1 N–H and O–H groups in total. The second kappa shape index (κ2) is 7.24. The van der Waals surface area contributed by atoms with Crippen LogP contribution in [-0.2, 0) is 15.9 Å². The van der Waals surface area contributed by atoms with Crippen molar-refractivity contribution in [1.29, 1.82) is 0 Å². The molecule has 106 valence electrons. The largest absolute Gasteiger partial charge is 0.496 e. The summed E-state index contributed by atoms with van der Waals surface area (Å²) >= 11 is 3.51. The predicted octanol–water partition coefficient (Wildman–Crippen LogP) is 2.35. The highest BCUT2D eigenvalue weighted by molar-refractivity contribution is 9.10. The fourth-order valence-corrected chi connectivity index (χ4v) is 2.79. The molecule has 1 aliphatic rings. The monoisotopic (exact) mass is 329 g/mol. The number of ether oxygens (including phenoxy) is 3. The van der Waals surface area contributed by atoms with Crippen LogP contribution in [0.25, 0.3) is 0 Å². The van der Waals surface area contributed by atoms with Gasteiger partial charge in [0.15, 0.2) is 6.29 Å². The third-order valence-electron chi connectivity index (χ3n) is 3.27. The maximum Gasteiger partial charge on any atom is 0.159 e. The average molecular weight is 330 g/mol. The zero-order valence-electron chi connectivity index (χ0n) is 11.3. The Labute approximate surface area is 122 Å². The van der Waals surface area contributed by atoms with Gasteiger partial charge in [-0.3, -0.25) is 0 Å². The lowest BCUT2D eigenvalue weighted by atomic mass is 10.0. The Kier molecular flexibility index (Phi) is 5.63. The first-order valence-electron chi connectivity index (χ1n) is 6.46. The third-order valence-corrected chi connectivity index (χ3v) is 3.89. The second-order valence-electron chi connectivity index (χ2n) is 4.57. The van der Waals surface area contributed by atoms with Gasteiger partial charge in [0, 0.05) is 12.5 Å². The SMILES string of the molecule is CNC(Cc1ccc(OC)c(Br)c1)CC1OCCO1. The number of nitrogens with one attached hydrogen (secondary N) is 1. The smallest absolute Gasteiger partial charge is 0.159 e. The molecule has 0 spiro atoms. The number of likely N-dealkylation sites (N-methyl/N-ethyl adjacent to an activating group) is 1. The highest BCUT2D eigenvalue weighted by Crippen LogP contribution is 2.26. The zero-order valence-corrected chi connectivity index (χ0v) is 12.9. The summed E-state index contributed by atoms with van der Waals surface area (Å²) in [6.07, 6.45) is 1.72. The molecule has 0 saturated carbocycles. The van der Waals surface area contributed by atoms with Crippen molar-refractivity contribution in [2.75, 3.05) is 27.4 Å². The van der Waals surface area contributed by atoms with Gasteiger partial charge in [0.05, 0.1) is 24.8 Å². The molecule has 1 atom stereocenters. The molecule has 2 rings (SSSR count). The maximum absolute atomic E-state index is 5.49. The van der Waals surface area contributed by atoms with Gasteiger partial charge in [0.25, 0.3) is 0 Å². The van der Waals surface area contributed by atoms with Crippen molar-refractivity contribution in [1.82, 2.24) is 5.32 Å². The highest BCUT2D eigenvalue weighted by Gasteiger charge is 2.20. The molecule has 19 heavy (non-hydrogen) atoms. The first kappa shape index (κ1) is 14.8. The number of halogens is 1. The van der Waals surface area contributed by atoms with E-state index in [1.807, 2.05) is 13.1 Å². The standard InChI is InChI=1S/C14H20BrNO3/c1-16-11(9-14-18-5-6-19-14)7-10-3-4-13(17-2)12(15)8-10/h3-4,8,11,14,16H,5-7,9H2,1-2H3. The Hall–Kier alpha value is -0.620. The van der Waals surface area contributed by atoms with Gasteiger partial charge < -0.3 is 19.5 Å². The first-order chi connectivity index (χ1) is 9.22. The van der Waals surface area contributed by atoms with Gasteiger partial charge in [-0.1, -0.05) is 6.07 Å². The highest BCUT2D eigenvalue weighted by atomic mass is 79.9. The van der Waals surface area contributed by atoms with E-state index in [1.165, 1.54) is 5.56 Å². The van der Waals surface area contributed by atoms with Gasteiger partial charge in [0.1, 0.15) is 5.75 Å². The Morgan fingerprint density at radius 2 is 2.16 bits per heavy atom. The van der Waals surface area contributed by atoms with Gasteiger partial charge in [-0.25, -0.2) is 0 Å². The fourth-order valence-electron chi connectivity index (χ4n) is 2.20. The summed E-state index contributed by atoms with van der Waals surface area (Å²) in [5.41, 5.74) is 1.25. The lowest BCUT2D eigenvalue weighted by Gasteiger charge is -2.19. The summed E-state index contributed by atoms with van der Waals surface area (Å²) in [5, 5.41) is 3.32. The molecule has 1 unspecified atom stereocenters. The van der Waals surface area contributed by atoms with E-state index in [-0.39, 0.29) is 6.29 Å². The molecule has 1 heterocycles. The minimum atomic E-state index is -0.0702. The molecule has 0 radical (unpaired) electrons. The molecule has 1 aromatic rings. The van der Waals surface area contributed by atoms with Crippen LogP contribution in [0, 0.1) is 0 Å². The van der Waals surface area contributed by atoms with Crippen molar-refractivity contribution in [3.8, 4) is 5.75 Å². The molecule has 1 aromatic carbocycles. The molecule has 5 heteroatoms. The number of methoxy groups -OCH3 is 1. The average Bonchev–Trinajstić information content (AvgIpc) is 2.91. The van der Waals surface area contributed by atoms with E-state index in [9.17, 15) is 0 Å². The number of hydrogen-bond acceptors (Lipinski definition) is 4. The summed E-state index contributed by atoms with van der Waals surface area (Å²) in [7, 11) is 3.64. The predicted molar refractivity (Wildman–Crippen MR) is 77.6 cm³/mol. The molecule has 1 saturated heterocycles. The summed E-state index contributed by atoms with van der Waals surface area (Å²) in [5.74, 6) is 0.854. The van der Waals surface area contributed by atoms with E-state index in [2.05, 4.69) is 33.4 Å². The van der Waals surface area contributed by atoms with Crippen molar-refractivity contribution >= 4 is 15.9 Å². The zero-order chi connectivity index (χ0) is 13.7. The van der Waals surface area contributed by atoms with Crippen molar-refractivity contribution < 1.29 is 14.2 Å². The molecule has 1 fully saturated rings. The van der Waals surface area contributed by atoms with Crippen LogP contribution < -0.4 is 10.1 Å². The minimum Gasteiger partial charge on any atom is -0.496 e. The molecule has 0 aromatic heterocycles. The van der Waals surface area contributed by atoms with Gasteiger partial charge in [-0.05, 0) is 47.1 Å². The summed E-state index contributed by atoms with van der Waals surface area (Å²) < 4.78 is 17.2. The van der Waals surface area contributed by atoms with Crippen LogP contribution in [0.5, 0.6) is 5.75 Å². The maximum atomic E-state index is 5.49. The topological polar surface area (TPSA) is 39.7 Å². The fraction of sp³-hybridized carbons (Fsp3) is 0.571. The van der Waals surface area contributed by atoms with Crippen LogP contribution in [0.15, 0.2) is 22.7 Å². The Balaban J connectivity index is 1.95.